The Morgan fingerprint density at radius 2 is 1.13 bits per heavy atom. The number of hydrogen-bond acceptors (Lipinski definition) is 1. The lowest BCUT2D eigenvalue weighted by molar-refractivity contribution is 0.856. The van der Waals surface area contributed by atoms with E-state index in [1.165, 1.54) is 71.8 Å². The summed E-state index contributed by atoms with van der Waals surface area (Å²) in [5.41, 5.74) is 13.7. The third-order valence-electron chi connectivity index (χ3n) is 11.2. The zero-order valence-electron chi connectivity index (χ0n) is 30.1. The Labute approximate surface area is 316 Å². The lowest BCUT2D eigenvalue weighted by atomic mass is 9.87. The van der Waals surface area contributed by atoms with Crippen LogP contribution in [0.3, 0.4) is 0 Å². The molecule has 1 unspecified atom stereocenters. The van der Waals surface area contributed by atoms with Crippen LogP contribution in [0.2, 0.25) is 0 Å². The molecule has 2 nitrogen and oxygen atoms in total. The number of aromatic nitrogens is 1. The van der Waals surface area contributed by atoms with E-state index in [1.807, 2.05) is 0 Å². The van der Waals surface area contributed by atoms with Crippen molar-refractivity contribution in [3.63, 3.8) is 0 Å². The molecule has 54 heavy (non-hydrogen) atoms. The second-order valence-electron chi connectivity index (χ2n) is 14.4. The quantitative estimate of drug-likeness (QED) is 0.161. The topological polar surface area (TPSA) is 8.17 Å². The van der Waals surface area contributed by atoms with E-state index < -0.39 is 0 Å². The van der Waals surface area contributed by atoms with Crippen LogP contribution in [0.1, 0.15) is 36.3 Å². The fraction of sp³-hybridized carbons (Fsp3) is 0.0769. The van der Waals surface area contributed by atoms with Crippen molar-refractivity contribution in [1.29, 1.82) is 0 Å². The molecule has 0 saturated carbocycles. The molecule has 2 aliphatic carbocycles. The standard InChI is InChI=1S/C52H40N2/c1-2-12-37(13-3-1)39-28-32-43(33-29-39)53(45-16-11-17-46(36-45)54-51-22-8-6-19-49(51)50-20-7-9-23-52(50)54)44-34-30-40(31-35-44)38-24-26-42(27-25-38)48-21-10-15-41-14-4-5-18-47(41)48/h1-10,12-16,18-24,26-36,38H,11,17,25H2. The maximum absolute atomic E-state index is 2.48. The summed E-state index contributed by atoms with van der Waals surface area (Å²) in [4.78, 5) is 2.43. The number of allylic oxidation sites excluding steroid dienone is 7. The van der Waals surface area contributed by atoms with E-state index in [1.54, 1.807) is 0 Å². The minimum atomic E-state index is 0.340. The van der Waals surface area contributed by atoms with Crippen LogP contribution in [0.25, 0.3) is 55.0 Å². The lowest BCUT2D eigenvalue weighted by Crippen LogP contribution is -2.18. The number of rotatable bonds is 7. The van der Waals surface area contributed by atoms with Crippen molar-refractivity contribution in [3.8, 4) is 11.1 Å². The second kappa shape index (κ2) is 13.7. The van der Waals surface area contributed by atoms with Crippen LogP contribution < -0.4 is 4.90 Å². The summed E-state index contributed by atoms with van der Waals surface area (Å²) >= 11 is 0. The number of fused-ring (bicyclic) bond motifs is 4. The van der Waals surface area contributed by atoms with Crippen LogP contribution in [0, 0.1) is 0 Å². The molecule has 0 N–H and O–H groups in total. The first-order chi connectivity index (χ1) is 26.8. The van der Waals surface area contributed by atoms with Gasteiger partial charge in [0.15, 0.2) is 0 Å². The summed E-state index contributed by atoms with van der Waals surface area (Å²) in [6.07, 6.45) is 14.9. The molecule has 0 amide bonds. The largest absolute Gasteiger partial charge is 0.313 e. The Morgan fingerprint density at radius 1 is 0.519 bits per heavy atom. The normalized spacial score (nSPS) is 15.6. The average Bonchev–Trinajstić information content (AvgIpc) is 3.59. The van der Waals surface area contributed by atoms with E-state index in [9.17, 15) is 0 Å². The van der Waals surface area contributed by atoms with Crippen molar-refractivity contribution >= 4 is 55.2 Å². The molecule has 1 aromatic heterocycles. The van der Waals surface area contributed by atoms with Crippen molar-refractivity contribution in [2.45, 2.75) is 25.2 Å². The average molecular weight is 693 g/mol. The van der Waals surface area contributed by atoms with E-state index >= 15 is 0 Å². The van der Waals surface area contributed by atoms with Gasteiger partial charge >= 0.3 is 0 Å². The van der Waals surface area contributed by atoms with E-state index in [2.05, 4.69) is 210 Å². The molecule has 10 rings (SSSR count). The van der Waals surface area contributed by atoms with E-state index in [4.69, 9.17) is 0 Å². The maximum atomic E-state index is 2.48. The molecule has 1 heterocycles. The molecular formula is C52H40N2. The van der Waals surface area contributed by atoms with Gasteiger partial charge in [-0.3, -0.25) is 0 Å². The highest BCUT2D eigenvalue weighted by Crippen LogP contribution is 2.40. The zero-order valence-corrected chi connectivity index (χ0v) is 30.1. The molecule has 0 saturated heterocycles. The lowest BCUT2D eigenvalue weighted by Gasteiger charge is -2.30. The van der Waals surface area contributed by atoms with Crippen molar-refractivity contribution in [2.75, 3.05) is 4.90 Å². The first kappa shape index (κ1) is 32.0. The Hall–Kier alpha value is -6.64. The van der Waals surface area contributed by atoms with E-state index in [0.29, 0.717) is 5.92 Å². The maximum Gasteiger partial charge on any atom is 0.0537 e. The molecule has 2 heteroatoms. The fourth-order valence-corrected chi connectivity index (χ4v) is 8.53. The number of benzene rings is 7. The molecular weight excluding hydrogens is 653 g/mol. The van der Waals surface area contributed by atoms with E-state index in [-0.39, 0.29) is 0 Å². The Balaban J connectivity index is 1.00. The molecule has 7 aromatic carbocycles. The summed E-state index contributed by atoms with van der Waals surface area (Å²) in [5, 5.41) is 5.18. The van der Waals surface area contributed by atoms with Crippen LogP contribution in [-0.4, -0.2) is 4.57 Å². The predicted octanol–water partition coefficient (Wildman–Crippen LogP) is 14.1. The molecule has 8 aromatic rings. The molecule has 1 atom stereocenters. The van der Waals surface area contributed by atoms with Gasteiger partial charge in [0.05, 0.1) is 11.0 Å². The Bertz CT molecular complexity index is 2720. The molecule has 258 valence electrons. The Kier molecular flexibility index (Phi) is 8.15. The zero-order chi connectivity index (χ0) is 35.8. The second-order valence-corrected chi connectivity index (χ2v) is 14.4. The Morgan fingerprint density at radius 3 is 1.83 bits per heavy atom. The first-order valence-corrected chi connectivity index (χ1v) is 19.1. The van der Waals surface area contributed by atoms with Crippen molar-refractivity contribution < 1.29 is 0 Å². The van der Waals surface area contributed by atoms with Gasteiger partial charge in [0.2, 0.25) is 0 Å². The van der Waals surface area contributed by atoms with Crippen molar-refractivity contribution in [3.05, 3.63) is 217 Å². The van der Waals surface area contributed by atoms with Gasteiger partial charge in [-0.1, -0.05) is 158 Å². The SMILES string of the molecule is C1=CC(c2ccc(N(C3=CCCC(n4c5ccccc5c5ccccc54)=C3)c3ccc(-c4ccccc4)cc3)cc2)CC=C1c1cccc2ccccc12. The summed E-state index contributed by atoms with van der Waals surface area (Å²) in [5.74, 6) is 0.340. The molecule has 0 aliphatic heterocycles. The highest BCUT2D eigenvalue weighted by Gasteiger charge is 2.21. The third kappa shape index (κ3) is 5.77. The first-order valence-electron chi connectivity index (χ1n) is 19.1. The molecule has 0 radical (unpaired) electrons. The number of anilines is 2. The molecule has 0 spiro atoms. The van der Waals surface area contributed by atoms with Gasteiger partial charge in [0.25, 0.3) is 0 Å². The minimum absolute atomic E-state index is 0.340. The van der Waals surface area contributed by atoms with Crippen LogP contribution in [0.15, 0.2) is 206 Å². The summed E-state index contributed by atoms with van der Waals surface area (Å²) in [7, 11) is 0. The third-order valence-corrected chi connectivity index (χ3v) is 11.2. The number of nitrogens with zero attached hydrogens (tertiary/aromatic N) is 2. The van der Waals surface area contributed by atoms with E-state index in [0.717, 1.165) is 30.6 Å². The van der Waals surface area contributed by atoms with Crippen LogP contribution in [0.4, 0.5) is 11.4 Å². The molecule has 0 bridgehead atoms. The monoisotopic (exact) mass is 692 g/mol. The summed E-state index contributed by atoms with van der Waals surface area (Å²) < 4.78 is 2.48. The minimum Gasteiger partial charge on any atom is -0.313 e. The van der Waals surface area contributed by atoms with Gasteiger partial charge in [-0.05, 0) is 100 Å². The van der Waals surface area contributed by atoms with Gasteiger partial charge in [-0.25, -0.2) is 0 Å². The predicted molar refractivity (Wildman–Crippen MR) is 230 cm³/mol. The van der Waals surface area contributed by atoms with Gasteiger partial charge in [0.1, 0.15) is 0 Å². The summed E-state index contributed by atoms with van der Waals surface area (Å²) in [6, 6.07) is 61.8. The number of hydrogen-bond donors (Lipinski definition) is 0. The highest BCUT2D eigenvalue weighted by molar-refractivity contribution is 6.10. The van der Waals surface area contributed by atoms with Gasteiger partial charge < -0.3 is 9.47 Å². The van der Waals surface area contributed by atoms with Gasteiger partial charge in [-0.15, -0.1) is 0 Å². The highest BCUT2D eigenvalue weighted by atomic mass is 15.2. The van der Waals surface area contributed by atoms with Crippen LogP contribution in [0.5, 0.6) is 0 Å². The number of para-hydroxylation sites is 2. The molecule has 0 fully saturated rings. The van der Waals surface area contributed by atoms with Crippen LogP contribution in [-0.2, 0) is 0 Å². The van der Waals surface area contributed by atoms with Crippen molar-refractivity contribution in [1.82, 2.24) is 4.57 Å². The van der Waals surface area contributed by atoms with Gasteiger partial charge in [-0.2, -0.15) is 0 Å². The molecule has 2 aliphatic rings. The van der Waals surface area contributed by atoms with Gasteiger partial charge in [0, 0.05) is 39.5 Å². The van der Waals surface area contributed by atoms with Crippen LogP contribution >= 0.6 is 0 Å². The smallest absolute Gasteiger partial charge is 0.0537 e. The summed E-state index contributed by atoms with van der Waals surface area (Å²) in [6.45, 7) is 0. The fourth-order valence-electron chi connectivity index (χ4n) is 8.53. The van der Waals surface area contributed by atoms with Crippen molar-refractivity contribution in [2.24, 2.45) is 0 Å².